The Morgan fingerprint density at radius 2 is 2.25 bits per heavy atom. The van der Waals surface area contributed by atoms with E-state index in [-0.39, 0.29) is 5.95 Å². The van der Waals surface area contributed by atoms with E-state index >= 15 is 0 Å². The molecule has 0 saturated carbocycles. The number of hydrogen-bond acceptors (Lipinski definition) is 5. The largest absolute Gasteiger partial charge is 0.370 e. The van der Waals surface area contributed by atoms with E-state index in [1.165, 1.54) is 0 Å². The number of rotatable bonds is 3. The van der Waals surface area contributed by atoms with Crippen LogP contribution in [0.5, 0.6) is 0 Å². The molecule has 2 aromatic rings. The zero-order valence-corrected chi connectivity index (χ0v) is 9.31. The van der Waals surface area contributed by atoms with Crippen LogP contribution in [0, 0.1) is 6.92 Å². The van der Waals surface area contributed by atoms with Crippen LogP contribution in [-0.4, -0.2) is 26.3 Å². The van der Waals surface area contributed by atoms with Gasteiger partial charge in [0.05, 0.1) is 5.69 Å². The van der Waals surface area contributed by atoms with Gasteiger partial charge < -0.3 is 11.1 Å². The minimum Gasteiger partial charge on any atom is -0.370 e. The smallest absolute Gasteiger partial charge is 0.224 e. The average Bonchev–Trinajstić information content (AvgIpc) is 2.64. The first-order chi connectivity index (χ1) is 7.69. The summed E-state index contributed by atoms with van der Waals surface area (Å²) in [7, 11) is 0. The van der Waals surface area contributed by atoms with Crippen molar-refractivity contribution in [2.24, 2.45) is 0 Å². The van der Waals surface area contributed by atoms with E-state index in [0.29, 0.717) is 11.6 Å². The molecule has 0 aliphatic rings. The highest BCUT2D eigenvalue weighted by Gasteiger charge is 2.04. The third-order valence-corrected chi connectivity index (χ3v) is 2.04. The summed E-state index contributed by atoms with van der Waals surface area (Å²) in [6.07, 6.45) is 1.84. The Balaban J connectivity index is 2.40. The molecule has 0 bridgehead atoms. The van der Waals surface area contributed by atoms with E-state index < -0.39 is 0 Å². The van der Waals surface area contributed by atoms with Crippen LogP contribution in [0.2, 0.25) is 0 Å². The average molecular weight is 218 g/mol. The second kappa shape index (κ2) is 4.18. The highest BCUT2D eigenvalue weighted by atomic mass is 15.3. The molecular formula is C10H14N6. The molecule has 0 aromatic carbocycles. The van der Waals surface area contributed by atoms with Gasteiger partial charge in [-0.1, -0.05) is 0 Å². The molecule has 3 N–H and O–H groups in total. The summed E-state index contributed by atoms with van der Waals surface area (Å²) in [4.78, 5) is 8.20. The number of hydrogen-bond donors (Lipinski definition) is 2. The SMILES string of the molecule is CCNc1cc(-n2ccc(C)n2)nc(N)n1. The zero-order valence-electron chi connectivity index (χ0n) is 9.31. The van der Waals surface area contributed by atoms with Crippen molar-refractivity contribution < 1.29 is 0 Å². The molecule has 0 spiro atoms. The summed E-state index contributed by atoms with van der Waals surface area (Å²) in [5, 5.41) is 7.36. The monoisotopic (exact) mass is 218 g/mol. The van der Waals surface area contributed by atoms with Crippen molar-refractivity contribution in [1.82, 2.24) is 19.7 Å². The highest BCUT2D eigenvalue weighted by Crippen LogP contribution is 2.11. The fourth-order valence-electron chi connectivity index (χ4n) is 1.38. The minimum absolute atomic E-state index is 0.238. The lowest BCUT2D eigenvalue weighted by molar-refractivity contribution is 0.829. The van der Waals surface area contributed by atoms with Gasteiger partial charge in [-0.3, -0.25) is 0 Å². The van der Waals surface area contributed by atoms with Gasteiger partial charge in [-0.15, -0.1) is 0 Å². The molecule has 6 nitrogen and oxygen atoms in total. The van der Waals surface area contributed by atoms with Crippen molar-refractivity contribution in [3.8, 4) is 5.82 Å². The molecular weight excluding hydrogens is 204 g/mol. The highest BCUT2D eigenvalue weighted by molar-refractivity contribution is 5.45. The van der Waals surface area contributed by atoms with Gasteiger partial charge in [0.25, 0.3) is 0 Å². The van der Waals surface area contributed by atoms with E-state index in [2.05, 4.69) is 20.4 Å². The number of aromatic nitrogens is 4. The molecule has 84 valence electrons. The molecule has 0 aliphatic heterocycles. The van der Waals surface area contributed by atoms with Crippen LogP contribution >= 0.6 is 0 Å². The molecule has 0 radical (unpaired) electrons. The molecule has 16 heavy (non-hydrogen) atoms. The third kappa shape index (κ3) is 2.10. The quantitative estimate of drug-likeness (QED) is 0.802. The predicted molar refractivity (Wildman–Crippen MR) is 62.5 cm³/mol. The maximum atomic E-state index is 5.63. The molecule has 2 aromatic heterocycles. The molecule has 2 heterocycles. The lowest BCUT2D eigenvalue weighted by atomic mass is 10.5. The third-order valence-electron chi connectivity index (χ3n) is 2.04. The second-order valence-corrected chi connectivity index (χ2v) is 3.40. The van der Waals surface area contributed by atoms with Gasteiger partial charge in [-0.2, -0.15) is 15.1 Å². The van der Waals surface area contributed by atoms with Crippen LogP contribution in [0.25, 0.3) is 5.82 Å². The molecule has 0 aliphatic carbocycles. The number of nitrogens with one attached hydrogen (secondary N) is 1. The van der Waals surface area contributed by atoms with Gasteiger partial charge in [-0.05, 0) is 19.9 Å². The Labute approximate surface area is 93.5 Å². The number of aryl methyl sites for hydroxylation is 1. The van der Waals surface area contributed by atoms with Crippen molar-refractivity contribution in [3.63, 3.8) is 0 Å². The molecule has 2 rings (SSSR count). The molecule has 0 atom stereocenters. The number of nitrogens with zero attached hydrogens (tertiary/aromatic N) is 4. The van der Waals surface area contributed by atoms with Gasteiger partial charge in [0.1, 0.15) is 5.82 Å². The van der Waals surface area contributed by atoms with E-state index in [4.69, 9.17) is 5.73 Å². The lowest BCUT2D eigenvalue weighted by Crippen LogP contribution is -2.07. The maximum Gasteiger partial charge on any atom is 0.224 e. The van der Waals surface area contributed by atoms with Crippen molar-refractivity contribution in [1.29, 1.82) is 0 Å². The van der Waals surface area contributed by atoms with Gasteiger partial charge in [0, 0.05) is 18.8 Å². The van der Waals surface area contributed by atoms with E-state index in [9.17, 15) is 0 Å². The minimum atomic E-state index is 0.238. The Kier molecular flexibility index (Phi) is 2.72. The summed E-state index contributed by atoms with van der Waals surface area (Å²) < 4.78 is 1.67. The summed E-state index contributed by atoms with van der Waals surface area (Å²) in [6, 6.07) is 3.72. The molecule has 6 heteroatoms. The summed E-state index contributed by atoms with van der Waals surface area (Å²) >= 11 is 0. The van der Waals surface area contributed by atoms with E-state index in [1.807, 2.05) is 32.2 Å². The van der Waals surface area contributed by atoms with Crippen LogP contribution in [0.3, 0.4) is 0 Å². The number of anilines is 2. The zero-order chi connectivity index (χ0) is 11.5. The van der Waals surface area contributed by atoms with Crippen LogP contribution < -0.4 is 11.1 Å². The topological polar surface area (TPSA) is 81.7 Å². The van der Waals surface area contributed by atoms with Crippen LogP contribution in [0.4, 0.5) is 11.8 Å². The molecule has 0 amide bonds. The van der Waals surface area contributed by atoms with Crippen molar-refractivity contribution in [2.75, 3.05) is 17.6 Å². The predicted octanol–water partition coefficient (Wildman–Crippen LogP) is 0.985. The van der Waals surface area contributed by atoms with Gasteiger partial charge in [-0.25, -0.2) is 4.68 Å². The standard InChI is InChI=1S/C10H14N6/c1-3-12-8-6-9(14-10(11)13-8)16-5-4-7(2)15-16/h4-6H,3H2,1-2H3,(H3,11,12,13,14). The van der Waals surface area contributed by atoms with E-state index in [1.54, 1.807) is 4.68 Å². The van der Waals surface area contributed by atoms with Crippen molar-refractivity contribution >= 4 is 11.8 Å². The molecule has 0 unspecified atom stereocenters. The fraction of sp³-hybridized carbons (Fsp3) is 0.300. The number of nitrogens with two attached hydrogens (primary N) is 1. The maximum absolute atomic E-state index is 5.63. The van der Waals surface area contributed by atoms with Crippen molar-refractivity contribution in [2.45, 2.75) is 13.8 Å². The van der Waals surface area contributed by atoms with Crippen LogP contribution in [0.1, 0.15) is 12.6 Å². The normalized spacial score (nSPS) is 10.4. The van der Waals surface area contributed by atoms with Gasteiger partial charge >= 0.3 is 0 Å². The van der Waals surface area contributed by atoms with Crippen LogP contribution in [0.15, 0.2) is 18.3 Å². The Hall–Kier alpha value is -2.11. The summed E-state index contributed by atoms with van der Waals surface area (Å²) in [6.45, 7) is 4.70. The van der Waals surface area contributed by atoms with Gasteiger partial charge in [0.2, 0.25) is 5.95 Å². The van der Waals surface area contributed by atoms with Crippen molar-refractivity contribution in [3.05, 3.63) is 24.0 Å². The molecule has 0 fully saturated rings. The lowest BCUT2D eigenvalue weighted by Gasteiger charge is -2.06. The Bertz CT molecular complexity index is 490. The van der Waals surface area contributed by atoms with Crippen LogP contribution in [-0.2, 0) is 0 Å². The first-order valence-corrected chi connectivity index (χ1v) is 5.10. The van der Waals surface area contributed by atoms with E-state index in [0.717, 1.165) is 12.2 Å². The molecule has 0 saturated heterocycles. The Morgan fingerprint density at radius 1 is 1.44 bits per heavy atom. The Morgan fingerprint density at radius 3 is 2.88 bits per heavy atom. The number of nitrogen functional groups attached to an aromatic ring is 1. The first kappa shape index (κ1) is 10.4. The summed E-state index contributed by atoms with van der Waals surface area (Å²) in [5.41, 5.74) is 6.56. The second-order valence-electron chi connectivity index (χ2n) is 3.40. The summed E-state index contributed by atoms with van der Waals surface area (Å²) in [5.74, 6) is 1.61. The fourth-order valence-corrected chi connectivity index (χ4v) is 1.38. The first-order valence-electron chi connectivity index (χ1n) is 5.10. The van der Waals surface area contributed by atoms with Gasteiger partial charge in [0.15, 0.2) is 5.82 Å².